The predicted octanol–water partition coefficient (Wildman–Crippen LogP) is 4.59. The summed E-state index contributed by atoms with van der Waals surface area (Å²) < 4.78 is 18.3. The summed E-state index contributed by atoms with van der Waals surface area (Å²) in [6.07, 6.45) is 0. The number of benzene rings is 2. The van der Waals surface area contributed by atoms with Crippen molar-refractivity contribution in [3.8, 4) is 0 Å². The van der Waals surface area contributed by atoms with Gasteiger partial charge in [0.15, 0.2) is 0 Å². The molecule has 0 aliphatic rings. The van der Waals surface area contributed by atoms with E-state index < -0.39 is 0 Å². The number of aromatic nitrogens is 2. The molecule has 2 N–H and O–H groups in total. The molecule has 2 aromatic carbocycles. The molecule has 0 saturated carbocycles. The highest BCUT2D eigenvalue weighted by atomic mass is 19.1. The molecule has 0 bridgehead atoms. The maximum atomic E-state index is 13.3. The maximum Gasteiger partial charge on any atom is 0.338 e. The Hall–Kier alpha value is -3.48. The van der Waals surface area contributed by atoms with E-state index in [9.17, 15) is 9.18 Å². The second-order valence-electron chi connectivity index (χ2n) is 5.78. The smallest absolute Gasteiger partial charge is 0.338 e. The minimum absolute atomic E-state index is 0.328. The van der Waals surface area contributed by atoms with Gasteiger partial charge in [-0.2, -0.15) is 4.98 Å². The van der Waals surface area contributed by atoms with Crippen molar-refractivity contribution in [1.82, 2.24) is 9.97 Å². The number of carbonyl (C=O) groups is 1. The molecule has 3 aromatic rings. The van der Waals surface area contributed by atoms with E-state index in [-0.39, 0.29) is 11.8 Å². The van der Waals surface area contributed by atoms with Gasteiger partial charge in [0, 0.05) is 23.1 Å². The zero-order valence-corrected chi connectivity index (χ0v) is 15.0. The molecule has 0 unspecified atom stereocenters. The Labute approximate surface area is 156 Å². The number of esters is 1. The maximum absolute atomic E-state index is 13.3. The van der Waals surface area contributed by atoms with Crippen LogP contribution in [-0.4, -0.2) is 22.5 Å². The fraction of sp³-hybridized carbons (Fsp3) is 0.150. The Bertz CT molecular complexity index is 945. The van der Waals surface area contributed by atoms with Crippen LogP contribution < -0.4 is 10.6 Å². The van der Waals surface area contributed by atoms with Gasteiger partial charge in [0.05, 0.1) is 12.2 Å². The average Bonchev–Trinajstić information content (AvgIpc) is 2.62. The summed E-state index contributed by atoms with van der Waals surface area (Å²) in [5, 5.41) is 6.15. The summed E-state index contributed by atoms with van der Waals surface area (Å²) in [4.78, 5) is 20.4. The molecule has 6 nitrogen and oxygen atoms in total. The number of rotatable bonds is 6. The van der Waals surface area contributed by atoms with Crippen molar-refractivity contribution in [2.75, 3.05) is 17.2 Å². The van der Waals surface area contributed by atoms with Crippen LogP contribution in [0.5, 0.6) is 0 Å². The lowest BCUT2D eigenvalue weighted by molar-refractivity contribution is 0.0526. The highest BCUT2D eigenvalue weighted by Gasteiger charge is 2.07. The summed E-state index contributed by atoms with van der Waals surface area (Å²) in [6, 6.07) is 14.7. The van der Waals surface area contributed by atoms with Crippen LogP contribution in [0.15, 0.2) is 54.6 Å². The number of ether oxygens (including phenoxy) is 1. The number of anilines is 4. The zero-order valence-electron chi connectivity index (χ0n) is 15.0. The van der Waals surface area contributed by atoms with Crippen LogP contribution in [0.4, 0.5) is 27.5 Å². The van der Waals surface area contributed by atoms with Crippen LogP contribution in [0.1, 0.15) is 23.0 Å². The van der Waals surface area contributed by atoms with Crippen molar-refractivity contribution < 1.29 is 13.9 Å². The minimum atomic E-state index is -0.363. The largest absolute Gasteiger partial charge is 0.462 e. The Morgan fingerprint density at radius 1 is 1.04 bits per heavy atom. The second-order valence-corrected chi connectivity index (χ2v) is 5.78. The summed E-state index contributed by atoms with van der Waals surface area (Å²) in [6.45, 7) is 3.93. The quantitative estimate of drug-likeness (QED) is 0.622. The SMILES string of the molecule is CCOC(=O)c1ccc(Nc2nc(C)cc(Nc3cccc(F)c3)n2)cc1. The van der Waals surface area contributed by atoms with E-state index in [1.54, 1.807) is 49.4 Å². The third kappa shape index (κ3) is 5.01. The molecule has 0 spiro atoms. The molecule has 1 aromatic heterocycles. The first-order chi connectivity index (χ1) is 13.0. The number of nitrogens with one attached hydrogen (secondary N) is 2. The third-order valence-corrected chi connectivity index (χ3v) is 3.60. The molecule has 0 amide bonds. The van der Waals surface area contributed by atoms with Gasteiger partial charge in [-0.1, -0.05) is 6.07 Å². The fourth-order valence-corrected chi connectivity index (χ4v) is 2.44. The van der Waals surface area contributed by atoms with Gasteiger partial charge >= 0.3 is 5.97 Å². The van der Waals surface area contributed by atoms with Crippen LogP contribution in [0.3, 0.4) is 0 Å². The van der Waals surface area contributed by atoms with Gasteiger partial charge in [-0.15, -0.1) is 0 Å². The number of hydrogen-bond acceptors (Lipinski definition) is 6. The van der Waals surface area contributed by atoms with Gasteiger partial charge in [-0.25, -0.2) is 14.2 Å². The first kappa shape index (κ1) is 18.3. The first-order valence-electron chi connectivity index (χ1n) is 8.46. The summed E-state index contributed by atoms with van der Waals surface area (Å²) in [5.41, 5.74) is 2.54. The summed E-state index contributed by atoms with van der Waals surface area (Å²) in [7, 11) is 0. The molecule has 138 valence electrons. The van der Waals surface area contributed by atoms with Crippen LogP contribution in [-0.2, 0) is 4.74 Å². The van der Waals surface area contributed by atoms with Crippen LogP contribution in [0.2, 0.25) is 0 Å². The standard InChI is InChI=1S/C20H19FN4O2/c1-3-27-19(26)14-7-9-16(10-8-14)24-20-22-13(2)11-18(25-20)23-17-6-4-5-15(21)12-17/h4-12H,3H2,1-2H3,(H2,22,23,24,25). The van der Waals surface area contributed by atoms with E-state index in [0.717, 1.165) is 11.4 Å². The van der Waals surface area contributed by atoms with Crippen molar-refractivity contribution in [2.45, 2.75) is 13.8 Å². The number of carbonyl (C=O) groups excluding carboxylic acids is 1. The van der Waals surface area contributed by atoms with E-state index in [2.05, 4.69) is 20.6 Å². The molecule has 0 atom stereocenters. The topological polar surface area (TPSA) is 76.1 Å². The van der Waals surface area contributed by atoms with E-state index in [0.29, 0.717) is 29.6 Å². The molecular weight excluding hydrogens is 347 g/mol. The molecule has 27 heavy (non-hydrogen) atoms. The highest BCUT2D eigenvalue weighted by molar-refractivity contribution is 5.89. The normalized spacial score (nSPS) is 10.3. The summed E-state index contributed by atoms with van der Waals surface area (Å²) in [5.74, 6) is 0.236. The molecule has 0 aliphatic carbocycles. The van der Waals surface area contributed by atoms with Gasteiger partial charge in [-0.3, -0.25) is 0 Å². The fourth-order valence-electron chi connectivity index (χ4n) is 2.44. The van der Waals surface area contributed by atoms with Crippen molar-refractivity contribution in [3.63, 3.8) is 0 Å². The van der Waals surface area contributed by atoms with Crippen molar-refractivity contribution in [3.05, 3.63) is 71.7 Å². The van der Waals surface area contributed by atoms with E-state index in [1.807, 2.05) is 6.92 Å². The lowest BCUT2D eigenvalue weighted by Crippen LogP contribution is -2.05. The van der Waals surface area contributed by atoms with Crippen LogP contribution in [0, 0.1) is 12.7 Å². The average molecular weight is 366 g/mol. The highest BCUT2D eigenvalue weighted by Crippen LogP contribution is 2.20. The number of halogens is 1. The Morgan fingerprint density at radius 2 is 1.81 bits per heavy atom. The first-order valence-corrected chi connectivity index (χ1v) is 8.46. The van der Waals surface area contributed by atoms with Gasteiger partial charge in [0.2, 0.25) is 5.95 Å². The second kappa shape index (κ2) is 8.27. The Balaban J connectivity index is 1.75. The monoisotopic (exact) mass is 366 g/mol. The van der Waals surface area contributed by atoms with E-state index in [4.69, 9.17) is 4.74 Å². The van der Waals surface area contributed by atoms with E-state index >= 15 is 0 Å². The van der Waals surface area contributed by atoms with Crippen molar-refractivity contribution in [2.24, 2.45) is 0 Å². The Kier molecular flexibility index (Phi) is 5.61. The molecule has 0 aliphatic heterocycles. The minimum Gasteiger partial charge on any atom is -0.462 e. The predicted molar refractivity (Wildman–Crippen MR) is 102 cm³/mol. The van der Waals surface area contributed by atoms with Gasteiger partial charge in [0.1, 0.15) is 11.6 Å². The Morgan fingerprint density at radius 3 is 2.52 bits per heavy atom. The van der Waals surface area contributed by atoms with Crippen molar-refractivity contribution in [1.29, 1.82) is 0 Å². The van der Waals surface area contributed by atoms with Gasteiger partial charge in [-0.05, 0) is 56.3 Å². The molecule has 7 heteroatoms. The molecular formula is C20H19FN4O2. The molecule has 0 radical (unpaired) electrons. The third-order valence-electron chi connectivity index (χ3n) is 3.60. The zero-order chi connectivity index (χ0) is 19.2. The van der Waals surface area contributed by atoms with E-state index in [1.165, 1.54) is 12.1 Å². The number of hydrogen-bond donors (Lipinski definition) is 2. The lowest BCUT2D eigenvalue weighted by atomic mass is 10.2. The van der Waals surface area contributed by atoms with Gasteiger partial charge in [0.25, 0.3) is 0 Å². The molecule has 3 rings (SSSR count). The molecule has 1 heterocycles. The number of aryl methyl sites for hydroxylation is 1. The van der Waals surface area contributed by atoms with Crippen LogP contribution in [0.25, 0.3) is 0 Å². The van der Waals surface area contributed by atoms with Crippen molar-refractivity contribution >= 4 is 29.1 Å². The van der Waals surface area contributed by atoms with Crippen LogP contribution >= 0.6 is 0 Å². The summed E-state index contributed by atoms with van der Waals surface area (Å²) >= 11 is 0. The lowest BCUT2D eigenvalue weighted by Gasteiger charge is -2.10. The molecule has 0 saturated heterocycles. The number of nitrogens with zero attached hydrogens (tertiary/aromatic N) is 2. The molecule has 0 fully saturated rings. The van der Waals surface area contributed by atoms with Gasteiger partial charge < -0.3 is 15.4 Å².